The van der Waals surface area contributed by atoms with Gasteiger partial charge < -0.3 is 20.4 Å². The van der Waals surface area contributed by atoms with Crippen LogP contribution in [-0.4, -0.2) is 49.0 Å². The van der Waals surface area contributed by atoms with Crippen LogP contribution in [-0.2, 0) is 17.9 Å². The van der Waals surface area contributed by atoms with E-state index in [0.29, 0.717) is 25.6 Å². The number of aliphatic imine (C=N–C) groups is 1. The van der Waals surface area contributed by atoms with Gasteiger partial charge in [-0.1, -0.05) is 42.0 Å². The Morgan fingerprint density at radius 3 is 2.59 bits per heavy atom. The summed E-state index contributed by atoms with van der Waals surface area (Å²) in [7, 11) is 0. The van der Waals surface area contributed by atoms with Crippen LogP contribution in [0.5, 0.6) is 0 Å². The van der Waals surface area contributed by atoms with Crippen LogP contribution in [0.15, 0.2) is 53.5 Å². The van der Waals surface area contributed by atoms with Crippen molar-refractivity contribution < 1.29 is 4.79 Å². The summed E-state index contributed by atoms with van der Waals surface area (Å²) in [6, 6.07) is 17.5. The number of carbonyl (C=O) groups is 1. The molecule has 1 amide bonds. The number of aryl methyl sites for hydroxylation is 1. The molecule has 0 saturated carbocycles. The summed E-state index contributed by atoms with van der Waals surface area (Å²) in [6.07, 6.45) is 2.73. The molecular formula is C26H35N5O. The van der Waals surface area contributed by atoms with Gasteiger partial charge in [0.25, 0.3) is 0 Å². The van der Waals surface area contributed by atoms with Gasteiger partial charge in [0.05, 0.1) is 6.54 Å². The van der Waals surface area contributed by atoms with Gasteiger partial charge >= 0.3 is 0 Å². The van der Waals surface area contributed by atoms with Gasteiger partial charge in [-0.15, -0.1) is 0 Å². The summed E-state index contributed by atoms with van der Waals surface area (Å²) in [5, 5.41) is 7.03. The van der Waals surface area contributed by atoms with Crippen molar-refractivity contribution >= 4 is 17.6 Å². The van der Waals surface area contributed by atoms with E-state index >= 15 is 0 Å². The van der Waals surface area contributed by atoms with Crippen molar-refractivity contribution in [3.63, 3.8) is 0 Å². The van der Waals surface area contributed by atoms with Crippen LogP contribution in [0.1, 0.15) is 42.9 Å². The number of carbonyl (C=O) groups excluding carboxylic acids is 1. The smallest absolute Gasteiger partial charge is 0.222 e. The van der Waals surface area contributed by atoms with Crippen molar-refractivity contribution in [3.05, 3.63) is 65.2 Å². The standard InChI is InChI=1S/C26H35N5O/c1-3-27-26(29-23-14-16-30(19-23)24-12-10-20(2)11-13-24)28-17-21-7-4-5-8-22(21)18-31-15-6-9-25(31)32/h4-5,7-8,10-13,23H,3,6,9,14-19H2,1-2H3,(H2,27,28,29). The minimum absolute atomic E-state index is 0.262. The normalized spacial score (nSPS) is 19.0. The molecule has 2 aliphatic rings. The second-order valence-corrected chi connectivity index (χ2v) is 8.79. The van der Waals surface area contributed by atoms with Crippen LogP contribution in [0.3, 0.4) is 0 Å². The van der Waals surface area contributed by atoms with Crippen LogP contribution in [0.2, 0.25) is 0 Å². The molecule has 2 aliphatic heterocycles. The predicted molar refractivity (Wildman–Crippen MR) is 131 cm³/mol. The zero-order valence-corrected chi connectivity index (χ0v) is 19.3. The molecule has 1 unspecified atom stereocenters. The summed E-state index contributed by atoms with van der Waals surface area (Å²) >= 11 is 0. The highest BCUT2D eigenvalue weighted by atomic mass is 16.2. The number of rotatable bonds is 7. The zero-order valence-electron chi connectivity index (χ0n) is 19.3. The molecule has 2 aromatic rings. The highest BCUT2D eigenvalue weighted by molar-refractivity contribution is 5.80. The lowest BCUT2D eigenvalue weighted by atomic mass is 10.1. The average molecular weight is 434 g/mol. The number of likely N-dealkylation sites (tertiary alicyclic amines) is 1. The molecule has 2 fully saturated rings. The SMILES string of the molecule is CCNC(=NCc1ccccc1CN1CCCC1=O)NC1CCN(c2ccc(C)cc2)C1. The molecule has 1 atom stereocenters. The third-order valence-electron chi connectivity index (χ3n) is 6.33. The fraction of sp³-hybridized carbons (Fsp3) is 0.462. The van der Waals surface area contributed by atoms with E-state index in [1.807, 2.05) is 11.0 Å². The molecule has 6 heteroatoms. The molecule has 6 nitrogen and oxygen atoms in total. The fourth-order valence-corrected chi connectivity index (χ4v) is 4.49. The highest BCUT2D eigenvalue weighted by Gasteiger charge is 2.24. The molecule has 0 spiro atoms. The van der Waals surface area contributed by atoms with Crippen LogP contribution < -0.4 is 15.5 Å². The third-order valence-corrected chi connectivity index (χ3v) is 6.33. The number of anilines is 1. The number of nitrogens with zero attached hydrogens (tertiary/aromatic N) is 3. The molecule has 2 heterocycles. The van der Waals surface area contributed by atoms with Gasteiger partial charge in [0.15, 0.2) is 5.96 Å². The van der Waals surface area contributed by atoms with E-state index in [1.165, 1.54) is 22.4 Å². The summed E-state index contributed by atoms with van der Waals surface area (Å²) < 4.78 is 0. The van der Waals surface area contributed by atoms with Crippen molar-refractivity contribution in [2.24, 2.45) is 4.99 Å². The molecule has 2 saturated heterocycles. The van der Waals surface area contributed by atoms with Gasteiger partial charge in [-0.3, -0.25) is 4.79 Å². The van der Waals surface area contributed by atoms with E-state index in [-0.39, 0.29) is 5.91 Å². The summed E-state index contributed by atoms with van der Waals surface area (Å²) in [5.41, 5.74) is 4.94. The van der Waals surface area contributed by atoms with E-state index in [4.69, 9.17) is 4.99 Å². The maximum atomic E-state index is 12.1. The summed E-state index contributed by atoms with van der Waals surface area (Å²) in [4.78, 5) is 21.3. The van der Waals surface area contributed by atoms with Crippen molar-refractivity contribution in [2.45, 2.75) is 52.2 Å². The maximum absolute atomic E-state index is 12.1. The Morgan fingerprint density at radius 2 is 1.88 bits per heavy atom. The molecule has 0 aromatic heterocycles. The van der Waals surface area contributed by atoms with Crippen LogP contribution in [0, 0.1) is 6.92 Å². The molecule has 0 bridgehead atoms. The van der Waals surface area contributed by atoms with Gasteiger partial charge in [0.1, 0.15) is 0 Å². The Bertz CT molecular complexity index is 939. The lowest BCUT2D eigenvalue weighted by Crippen LogP contribution is -2.44. The monoisotopic (exact) mass is 433 g/mol. The van der Waals surface area contributed by atoms with Crippen LogP contribution >= 0.6 is 0 Å². The van der Waals surface area contributed by atoms with Crippen molar-refractivity contribution in [2.75, 3.05) is 31.1 Å². The van der Waals surface area contributed by atoms with Crippen molar-refractivity contribution in [1.82, 2.24) is 15.5 Å². The number of benzene rings is 2. The third kappa shape index (κ3) is 5.61. The van der Waals surface area contributed by atoms with Crippen molar-refractivity contribution in [3.8, 4) is 0 Å². The largest absolute Gasteiger partial charge is 0.369 e. The highest BCUT2D eigenvalue weighted by Crippen LogP contribution is 2.21. The van der Waals surface area contributed by atoms with Gasteiger partial charge in [-0.25, -0.2) is 4.99 Å². The quantitative estimate of drug-likeness (QED) is 0.519. The second-order valence-electron chi connectivity index (χ2n) is 8.79. The van der Waals surface area contributed by atoms with E-state index < -0.39 is 0 Å². The lowest BCUT2D eigenvalue weighted by Gasteiger charge is -2.21. The number of hydrogen-bond donors (Lipinski definition) is 2. The Balaban J connectivity index is 1.38. The Labute approximate surface area is 191 Å². The first kappa shape index (κ1) is 22.2. The summed E-state index contributed by atoms with van der Waals surface area (Å²) in [5.74, 6) is 1.12. The van der Waals surface area contributed by atoms with Gasteiger partial charge in [-0.2, -0.15) is 0 Å². The van der Waals surface area contributed by atoms with E-state index in [1.54, 1.807) is 0 Å². The number of hydrogen-bond acceptors (Lipinski definition) is 3. The Morgan fingerprint density at radius 1 is 1.09 bits per heavy atom. The first-order valence-corrected chi connectivity index (χ1v) is 11.8. The number of nitrogens with one attached hydrogen (secondary N) is 2. The van der Waals surface area contributed by atoms with Gasteiger partial charge in [-0.05, 0) is 49.9 Å². The van der Waals surface area contributed by atoms with E-state index in [2.05, 4.69) is 71.8 Å². The fourth-order valence-electron chi connectivity index (χ4n) is 4.49. The molecule has 2 aromatic carbocycles. The van der Waals surface area contributed by atoms with Gasteiger partial charge in [0, 0.05) is 50.9 Å². The van der Waals surface area contributed by atoms with Gasteiger partial charge in [0.2, 0.25) is 5.91 Å². The minimum atomic E-state index is 0.262. The molecule has 170 valence electrons. The topological polar surface area (TPSA) is 60.0 Å². The second kappa shape index (κ2) is 10.5. The molecule has 0 radical (unpaired) electrons. The van der Waals surface area contributed by atoms with Crippen LogP contribution in [0.25, 0.3) is 0 Å². The van der Waals surface area contributed by atoms with E-state index in [9.17, 15) is 4.79 Å². The van der Waals surface area contributed by atoms with Crippen LogP contribution in [0.4, 0.5) is 5.69 Å². The number of amides is 1. The maximum Gasteiger partial charge on any atom is 0.222 e. The predicted octanol–water partition coefficient (Wildman–Crippen LogP) is 3.45. The Hall–Kier alpha value is -3.02. The number of guanidine groups is 1. The molecule has 4 rings (SSSR count). The Kier molecular flexibility index (Phi) is 7.30. The molecule has 0 aliphatic carbocycles. The molecule has 2 N–H and O–H groups in total. The molecule has 32 heavy (non-hydrogen) atoms. The molecular weight excluding hydrogens is 398 g/mol. The van der Waals surface area contributed by atoms with E-state index in [0.717, 1.165) is 45.0 Å². The lowest BCUT2D eigenvalue weighted by molar-refractivity contribution is -0.128. The zero-order chi connectivity index (χ0) is 22.3. The van der Waals surface area contributed by atoms with Crippen molar-refractivity contribution in [1.29, 1.82) is 0 Å². The minimum Gasteiger partial charge on any atom is -0.369 e. The first-order chi connectivity index (χ1) is 15.6. The first-order valence-electron chi connectivity index (χ1n) is 11.8. The average Bonchev–Trinajstić information content (AvgIpc) is 3.43. The summed E-state index contributed by atoms with van der Waals surface area (Å²) in [6.45, 7) is 9.21.